The van der Waals surface area contributed by atoms with Crippen molar-refractivity contribution in [2.45, 2.75) is 25.0 Å². The largest absolute Gasteiger partial charge is 0.454 e. The zero-order chi connectivity index (χ0) is 36.8. The fourth-order valence-electron chi connectivity index (χ4n) is 8.20. The summed E-state index contributed by atoms with van der Waals surface area (Å²) in [4.78, 5) is 25.8. The smallest absolute Gasteiger partial charge is 0.339 e. The predicted octanol–water partition coefficient (Wildman–Crippen LogP) is 12.2. The molecule has 0 aromatic heterocycles. The number of carbonyl (C=O) groups is 2. The van der Waals surface area contributed by atoms with E-state index in [4.69, 9.17) is 9.47 Å². The Kier molecular flexibility index (Phi) is 8.36. The molecule has 4 heteroatoms. The van der Waals surface area contributed by atoms with Crippen molar-refractivity contribution in [2.24, 2.45) is 0 Å². The van der Waals surface area contributed by atoms with E-state index >= 15 is 0 Å². The summed E-state index contributed by atoms with van der Waals surface area (Å²) in [5.74, 6) is -0.559. The fourth-order valence-corrected chi connectivity index (χ4v) is 8.20. The van der Waals surface area contributed by atoms with Crippen molar-refractivity contribution in [1.82, 2.24) is 0 Å². The number of ether oxygens (including phenoxy) is 2. The van der Waals surface area contributed by atoms with Crippen molar-refractivity contribution in [3.63, 3.8) is 0 Å². The first-order chi connectivity index (χ1) is 26.5. The summed E-state index contributed by atoms with van der Waals surface area (Å²) >= 11 is 0. The lowest BCUT2D eigenvalue weighted by atomic mass is 10.00. The molecular formula is C50H36O4. The van der Waals surface area contributed by atoms with Gasteiger partial charge in [0.15, 0.2) is 0 Å². The number of esters is 2. The zero-order valence-electron chi connectivity index (χ0n) is 29.6. The minimum Gasteiger partial charge on any atom is -0.454 e. The second kappa shape index (κ2) is 13.6. The number of carbonyl (C=O) groups excluding carboxylic acids is 2. The van der Waals surface area contributed by atoms with Crippen molar-refractivity contribution in [2.75, 3.05) is 0 Å². The molecule has 2 aliphatic rings. The molecule has 0 heterocycles. The standard InChI is InChI=1S/2C25H18O2/c1-2-16-7-4-12-20-19(16)11-6-13-21(20)25(26)27-23-15-18-10-3-8-17-9-5-14-22(23)24(17)18;1-2-16-9-10-19-14-21(12-11-18(19)13-16)25(26)27-23-15-20-7-3-5-17-6-4-8-22(23)24(17)20/h2*2-14,23H,1,15H2. The number of benzene rings is 8. The van der Waals surface area contributed by atoms with Crippen molar-refractivity contribution in [3.8, 4) is 0 Å². The maximum absolute atomic E-state index is 13.0. The molecule has 0 N–H and O–H groups in total. The van der Waals surface area contributed by atoms with Crippen LogP contribution in [0.3, 0.4) is 0 Å². The van der Waals surface area contributed by atoms with Gasteiger partial charge in [0.1, 0.15) is 12.2 Å². The van der Waals surface area contributed by atoms with Gasteiger partial charge in [-0.25, -0.2) is 9.59 Å². The first kappa shape index (κ1) is 33.1. The highest BCUT2D eigenvalue weighted by molar-refractivity contribution is 6.07. The normalized spacial score (nSPS) is 15.2. The SMILES string of the molecule is C=Cc1ccc2cc(C(=O)OC3Cc4cccc5cccc3c45)ccc2c1.C=Cc1cccc2c(C(=O)OC3Cc4cccc5cccc3c45)cccc12. The molecule has 8 aromatic carbocycles. The number of rotatable bonds is 6. The van der Waals surface area contributed by atoms with Crippen LogP contribution in [0.1, 0.15) is 66.3 Å². The molecule has 0 aliphatic heterocycles. The molecular weight excluding hydrogens is 665 g/mol. The number of fused-ring (bicyclic) bond motifs is 2. The van der Waals surface area contributed by atoms with Gasteiger partial charge in [-0.1, -0.05) is 147 Å². The average molecular weight is 701 g/mol. The highest BCUT2D eigenvalue weighted by Crippen LogP contribution is 2.41. The third kappa shape index (κ3) is 5.82. The highest BCUT2D eigenvalue weighted by Gasteiger charge is 2.29. The lowest BCUT2D eigenvalue weighted by molar-refractivity contribution is 0.0303. The van der Waals surface area contributed by atoms with E-state index in [0.717, 1.165) is 56.6 Å². The first-order valence-corrected chi connectivity index (χ1v) is 18.2. The second-order valence-corrected chi connectivity index (χ2v) is 13.9. The number of hydrogen-bond donors (Lipinski definition) is 0. The molecule has 0 amide bonds. The Balaban J connectivity index is 0.000000142. The first-order valence-electron chi connectivity index (χ1n) is 18.2. The molecule has 2 atom stereocenters. The predicted molar refractivity (Wildman–Crippen MR) is 220 cm³/mol. The summed E-state index contributed by atoms with van der Waals surface area (Å²) in [7, 11) is 0. The third-order valence-electron chi connectivity index (χ3n) is 10.8. The van der Waals surface area contributed by atoms with Gasteiger partial charge in [-0.2, -0.15) is 0 Å². The van der Waals surface area contributed by atoms with Crippen LogP contribution >= 0.6 is 0 Å². The Morgan fingerprint density at radius 2 is 1.07 bits per heavy atom. The van der Waals surface area contributed by atoms with E-state index in [1.807, 2.05) is 91.0 Å². The number of hydrogen-bond acceptors (Lipinski definition) is 4. The van der Waals surface area contributed by atoms with Gasteiger partial charge < -0.3 is 9.47 Å². The molecule has 0 saturated carbocycles. The molecule has 54 heavy (non-hydrogen) atoms. The quantitative estimate of drug-likeness (QED) is 0.162. The Morgan fingerprint density at radius 3 is 1.72 bits per heavy atom. The average Bonchev–Trinajstić information content (AvgIpc) is 3.76. The van der Waals surface area contributed by atoms with Gasteiger partial charge >= 0.3 is 11.9 Å². The third-order valence-corrected chi connectivity index (χ3v) is 10.8. The molecule has 0 radical (unpaired) electrons. The van der Waals surface area contributed by atoms with Crippen LogP contribution in [0.15, 0.2) is 159 Å². The summed E-state index contributed by atoms with van der Waals surface area (Å²) in [6.45, 7) is 7.67. The summed E-state index contributed by atoms with van der Waals surface area (Å²) < 4.78 is 11.9. The van der Waals surface area contributed by atoms with E-state index in [-0.39, 0.29) is 24.1 Å². The molecule has 8 aromatic rings. The molecule has 2 unspecified atom stereocenters. The van der Waals surface area contributed by atoms with Crippen LogP contribution in [0.4, 0.5) is 0 Å². The van der Waals surface area contributed by atoms with Crippen LogP contribution < -0.4 is 0 Å². The Morgan fingerprint density at radius 1 is 0.519 bits per heavy atom. The monoisotopic (exact) mass is 700 g/mol. The lowest BCUT2D eigenvalue weighted by Crippen LogP contribution is -2.11. The van der Waals surface area contributed by atoms with Crippen LogP contribution in [0.2, 0.25) is 0 Å². The molecule has 0 bridgehead atoms. The molecule has 2 aliphatic carbocycles. The van der Waals surface area contributed by atoms with E-state index in [2.05, 4.69) is 79.9 Å². The lowest BCUT2D eigenvalue weighted by Gasteiger charge is -2.15. The summed E-state index contributed by atoms with van der Waals surface area (Å²) in [5, 5.41) is 8.87. The highest BCUT2D eigenvalue weighted by atomic mass is 16.5. The Hall–Kier alpha value is -6.78. The van der Waals surface area contributed by atoms with Gasteiger partial charge in [0.25, 0.3) is 0 Å². The van der Waals surface area contributed by atoms with Gasteiger partial charge in [-0.15, -0.1) is 0 Å². The van der Waals surface area contributed by atoms with Crippen LogP contribution in [0, 0.1) is 0 Å². The molecule has 0 spiro atoms. The van der Waals surface area contributed by atoms with Crippen molar-refractivity contribution in [3.05, 3.63) is 203 Å². The summed E-state index contributed by atoms with van der Waals surface area (Å²) in [5.41, 5.74) is 7.95. The van der Waals surface area contributed by atoms with Gasteiger partial charge in [-0.05, 0) is 89.6 Å². The van der Waals surface area contributed by atoms with Crippen molar-refractivity contribution < 1.29 is 19.1 Å². The van der Waals surface area contributed by atoms with Crippen molar-refractivity contribution >= 4 is 67.2 Å². The minimum absolute atomic E-state index is 0.225. The van der Waals surface area contributed by atoms with Crippen LogP contribution in [-0.2, 0) is 22.3 Å². The van der Waals surface area contributed by atoms with Crippen LogP contribution in [-0.4, -0.2) is 11.9 Å². The van der Waals surface area contributed by atoms with Gasteiger partial charge in [0.2, 0.25) is 0 Å². The van der Waals surface area contributed by atoms with E-state index in [9.17, 15) is 9.59 Å². The Labute approximate surface area is 313 Å². The van der Waals surface area contributed by atoms with Gasteiger partial charge in [0.05, 0.1) is 11.1 Å². The van der Waals surface area contributed by atoms with E-state index in [1.165, 1.54) is 32.7 Å². The van der Waals surface area contributed by atoms with Crippen LogP contribution in [0.5, 0.6) is 0 Å². The zero-order valence-corrected chi connectivity index (χ0v) is 29.6. The fraction of sp³-hybridized carbons (Fsp3) is 0.0800. The van der Waals surface area contributed by atoms with E-state index in [1.54, 1.807) is 0 Å². The van der Waals surface area contributed by atoms with E-state index < -0.39 is 0 Å². The molecule has 260 valence electrons. The summed E-state index contributed by atoms with van der Waals surface area (Å²) in [6.07, 6.45) is 4.63. The van der Waals surface area contributed by atoms with E-state index in [0.29, 0.717) is 11.1 Å². The maximum atomic E-state index is 13.0. The van der Waals surface area contributed by atoms with Gasteiger partial charge in [0, 0.05) is 24.0 Å². The van der Waals surface area contributed by atoms with Gasteiger partial charge in [-0.3, -0.25) is 0 Å². The van der Waals surface area contributed by atoms with Crippen LogP contribution in [0.25, 0.3) is 55.2 Å². The minimum atomic E-state index is -0.281. The molecule has 10 rings (SSSR count). The maximum Gasteiger partial charge on any atom is 0.339 e. The molecule has 4 nitrogen and oxygen atoms in total. The molecule has 0 fully saturated rings. The topological polar surface area (TPSA) is 52.6 Å². The summed E-state index contributed by atoms with van der Waals surface area (Å²) in [6, 6.07) is 48.4. The second-order valence-electron chi connectivity index (χ2n) is 13.9. The van der Waals surface area contributed by atoms with Crippen molar-refractivity contribution in [1.29, 1.82) is 0 Å². The Bertz CT molecular complexity index is 2820. The molecule has 0 saturated heterocycles.